The standard InChI is InChI=1S/C17H21N7O/c1-11-15(12-3-5-19-6-4-12)23-17(24(2)16(11)25)21-8-13(18)7-14-9-20-10-22-14/h3-6,9-10,13H,7-8,18H2,1-2H3,(H,20,22)(H,21,23). The largest absolute Gasteiger partial charge is 0.354 e. The molecule has 0 amide bonds. The van der Waals surface area contributed by atoms with Crippen LogP contribution in [0.5, 0.6) is 0 Å². The fourth-order valence-corrected chi connectivity index (χ4v) is 2.64. The Labute approximate surface area is 145 Å². The van der Waals surface area contributed by atoms with E-state index in [0.717, 1.165) is 11.3 Å². The molecule has 1 atom stereocenters. The zero-order valence-electron chi connectivity index (χ0n) is 14.2. The first-order chi connectivity index (χ1) is 12.1. The van der Waals surface area contributed by atoms with Crippen LogP contribution in [0.1, 0.15) is 11.3 Å². The van der Waals surface area contributed by atoms with Gasteiger partial charge in [0, 0.05) is 61.5 Å². The van der Waals surface area contributed by atoms with E-state index in [0.29, 0.717) is 30.2 Å². The van der Waals surface area contributed by atoms with E-state index < -0.39 is 0 Å². The van der Waals surface area contributed by atoms with Gasteiger partial charge >= 0.3 is 0 Å². The maximum atomic E-state index is 12.5. The summed E-state index contributed by atoms with van der Waals surface area (Å²) in [6, 6.07) is 3.54. The molecular weight excluding hydrogens is 318 g/mol. The summed E-state index contributed by atoms with van der Waals surface area (Å²) >= 11 is 0. The van der Waals surface area contributed by atoms with Crippen LogP contribution in [-0.2, 0) is 13.5 Å². The molecule has 1 unspecified atom stereocenters. The Morgan fingerprint density at radius 3 is 2.76 bits per heavy atom. The molecule has 0 aromatic carbocycles. The number of aromatic amines is 1. The minimum atomic E-state index is -0.136. The van der Waals surface area contributed by atoms with Crippen LogP contribution in [0.4, 0.5) is 5.95 Å². The summed E-state index contributed by atoms with van der Waals surface area (Å²) in [5, 5.41) is 3.18. The van der Waals surface area contributed by atoms with Gasteiger partial charge in [0.15, 0.2) is 0 Å². The molecule has 0 bridgehead atoms. The molecule has 0 saturated heterocycles. The van der Waals surface area contributed by atoms with Crippen molar-refractivity contribution in [3.8, 4) is 11.3 Å². The monoisotopic (exact) mass is 339 g/mol. The van der Waals surface area contributed by atoms with E-state index in [1.165, 1.54) is 4.57 Å². The second-order valence-electron chi connectivity index (χ2n) is 5.93. The van der Waals surface area contributed by atoms with Crippen LogP contribution in [0, 0.1) is 6.92 Å². The van der Waals surface area contributed by atoms with Crippen molar-refractivity contribution in [1.29, 1.82) is 0 Å². The van der Waals surface area contributed by atoms with Crippen molar-refractivity contribution in [2.45, 2.75) is 19.4 Å². The topological polar surface area (TPSA) is 115 Å². The number of H-pyrrole nitrogens is 1. The summed E-state index contributed by atoms with van der Waals surface area (Å²) < 4.78 is 1.50. The highest BCUT2D eigenvalue weighted by Gasteiger charge is 2.14. The van der Waals surface area contributed by atoms with Crippen LogP contribution < -0.4 is 16.6 Å². The van der Waals surface area contributed by atoms with Gasteiger partial charge in [0.05, 0.1) is 12.0 Å². The zero-order valence-corrected chi connectivity index (χ0v) is 14.2. The Balaban J connectivity index is 1.81. The van der Waals surface area contributed by atoms with Crippen LogP contribution >= 0.6 is 0 Å². The van der Waals surface area contributed by atoms with Gasteiger partial charge in [-0.1, -0.05) is 0 Å². The molecular formula is C17H21N7O. The minimum absolute atomic E-state index is 0.0912. The molecule has 130 valence electrons. The summed E-state index contributed by atoms with van der Waals surface area (Å²) in [7, 11) is 1.70. The average molecular weight is 339 g/mol. The molecule has 0 aliphatic rings. The van der Waals surface area contributed by atoms with Gasteiger partial charge in [-0.05, 0) is 19.1 Å². The third-order valence-electron chi connectivity index (χ3n) is 4.03. The fourth-order valence-electron chi connectivity index (χ4n) is 2.64. The molecule has 4 N–H and O–H groups in total. The Morgan fingerprint density at radius 1 is 1.32 bits per heavy atom. The van der Waals surface area contributed by atoms with Gasteiger partial charge in [0.1, 0.15) is 0 Å². The molecule has 3 heterocycles. The summed E-state index contributed by atoms with van der Waals surface area (Å²) in [4.78, 5) is 28.1. The first-order valence-corrected chi connectivity index (χ1v) is 8.01. The van der Waals surface area contributed by atoms with E-state index in [9.17, 15) is 4.79 Å². The highest BCUT2D eigenvalue weighted by molar-refractivity contribution is 5.63. The van der Waals surface area contributed by atoms with E-state index in [1.807, 2.05) is 12.1 Å². The molecule has 25 heavy (non-hydrogen) atoms. The third kappa shape index (κ3) is 3.74. The molecule has 0 aliphatic carbocycles. The molecule has 3 rings (SSSR count). The van der Waals surface area contributed by atoms with Gasteiger partial charge in [-0.15, -0.1) is 0 Å². The van der Waals surface area contributed by atoms with Gasteiger partial charge in [-0.3, -0.25) is 14.3 Å². The van der Waals surface area contributed by atoms with Crippen molar-refractivity contribution in [3.05, 3.63) is 58.7 Å². The smallest absolute Gasteiger partial charge is 0.258 e. The molecule has 8 heteroatoms. The van der Waals surface area contributed by atoms with Gasteiger partial charge in [0.25, 0.3) is 5.56 Å². The molecule has 8 nitrogen and oxygen atoms in total. The van der Waals surface area contributed by atoms with Gasteiger partial charge < -0.3 is 16.0 Å². The molecule has 0 radical (unpaired) electrons. The van der Waals surface area contributed by atoms with E-state index in [1.54, 1.807) is 38.9 Å². The number of pyridine rings is 1. The molecule has 0 saturated carbocycles. The number of nitrogens with one attached hydrogen (secondary N) is 2. The zero-order chi connectivity index (χ0) is 17.8. The van der Waals surface area contributed by atoms with Crippen molar-refractivity contribution < 1.29 is 0 Å². The molecule has 3 aromatic heterocycles. The van der Waals surface area contributed by atoms with E-state index in [4.69, 9.17) is 5.73 Å². The lowest BCUT2D eigenvalue weighted by Crippen LogP contribution is -2.34. The quantitative estimate of drug-likeness (QED) is 0.613. The van der Waals surface area contributed by atoms with Crippen molar-refractivity contribution >= 4 is 5.95 Å². The van der Waals surface area contributed by atoms with Gasteiger partial charge in [-0.2, -0.15) is 0 Å². The number of hydrogen-bond acceptors (Lipinski definition) is 6. The average Bonchev–Trinajstić information content (AvgIpc) is 3.13. The first-order valence-electron chi connectivity index (χ1n) is 8.01. The van der Waals surface area contributed by atoms with Crippen LogP contribution in [0.25, 0.3) is 11.3 Å². The predicted octanol–water partition coefficient (Wildman–Crippen LogP) is 0.856. The molecule has 0 fully saturated rings. The van der Waals surface area contributed by atoms with Crippen molar-refractivity contribution in [2.75, 3.05) is 11.9 Å². The highest BCUT2D eigenvalue weighted by Crippen LogP contribution is 2.19. The normalized spacial score (nSPS) is 12.1. The van der Waals surface area contributed by atoms with Crippen LogP contribution in [0.2, 0.25) is 0 Å². The second-order valence-corrected chi connectivity index (χ2v) is 5.93. The van der Waals surface area contributed by atoms with E-state index >= 15 is 0 Å². The summed E-state index contributed by atoms with van der Waals surface area (Å²) in [6.45, 7) is 2.26. The van der Waals surface area contributed by atoms with Crippen LogP contribution in [-0.4, -0.2) is 37.1 Å². The molecule has 3 aromatic rings. The summed E-state index contributed by atoms with van der Waals surface area (Å²) in [6.07, 6.45) is 7.40. The number of rotatable bonds is 6. The second kappa shape index (κ2) is 7.27. The number of hydrogen-bond donors (Lipinski definition) is 3. The maximum absolute atomic E-state index is 12.5. The Bertz CT molecular complexity index is 887. The van der Waals surface area contributed by atoms with Gasteiger partial charge in [-0.25, -0.2) is 9.97 Å². The molecule has 0 spiro atoms. The number of nitrogens with two attached hydrogens (primary N) is 1. The summed E-state index contributed by atoms with van der Waals surface area (Å²) in [5.74, 6) is 0.488. The third-order valence-corrected chi connectivity index (χ3v) is 4.03. The van der Waals surface area contributed by atoms with E-state index in [2.05, 4.69) is 25.3 Å². The lowest BCUT2D eigenvalue weighted by atomic mass is 10.1. The Kier molecular flexibility index (Phi) is 4.90. The minimum Gasteiger partial charge on any atom is -0.354 e. The predicted molar refractivity (Wildman–Crippen MR) is 96.2 cm³/mol. The number of aromatic nitrogens is 5. The lowest BCUT2D eigenvalue weighted by molar-refractivity contribution is 0.678. The van der Waals surface area contributed by atoms with Crippen molar-refractivity contribution in [2.24, 2.45) is 12.8 Å². The first kappa shape index (κ1) is 16.8. The number of anilines is 1. The number of nitrogens with zero attached hydrogens (tertiary/aromatic N) is 4. The van der Waals surface area contributed by atoms with Crippen LogP contribution in [0.15, 0.2) is 41.8 Å². The maximum Gasteiger partial charge on any atom is 0.258 e. The van der Waals surface area contributed by atoms with Gasteiger partial charge in [0.2, 0.25) is 5.95 Å². The van der Waals surface area contributed by atoms with Crippen molar-refractivity contribution in [3.63, 3.8) is 0 Å². The Hall–Kier alpha value is -3.00. The molecule has 0 aliphatic heterocycles. The summed E-state index contributed by atoms with van der Waals surface area (Å²) in [5.41, 5.74) is 9.13. The van der Waals surface area contributed by atoms with Crippen molar-refractivity contribution in [1.82, 2.24) is 24.5 Å². The fraction of sp³-hybridized carbons (Fsp3) is 0.294. The Morgan fingerprint density at radius 2 is 2.08 bits per heavy atom. The number of imidazole rings is 1. The van der Waals surface area contributed by atoms with Crippen LogP contribution in [0.3, 0.4) is 0 Å². The highest BCUT2D eigenvalue weighted by atomic mass is 16.1. The van der Waals surface area contributed by atoms with E-state index in [-0.39, 0.29) is 11.6 Å². The SMILES string of the molecule is Cc1c(-c2ccncc2)nc(NCC(N)Cc2cnc[nH]2)n(C)c1=O. The lowest BCUT2D eigenvalue weighted by Gasteiger charge is -2.16.